The van der Waals surface area contributed by atoms with E-state index in [9.17, 15) is 9.59 Å². The molecular weight excluding hydrogens is 296 g/mol. The number of anilines is 1. The third kappa shape index (κ3) is 5.90. The molecule has 0 aromatic carbocycles. The Bertz CT molecular complexity index is 522. The number of hydrogen-bond acceptors (Lipinski definition) is 4. The van der Waals surface area contributed by atoms with Gasteiger partial charge < -0.3 is 16.0 Å². The van der Waals surface area contributed by atoms with Crippen LogP contribution in [0.2, 0.25) is 0 Å². The molecule has 1 aromatic heterocycles. The summed E-state index contributed by atoms with van der Waals surface area (Å²) in [4.78, 5) is 25.8. The van der Waals surface area contributed by atoms with E-state index in [0.29, 0.717) is 12.2 Å². The van der Waals surface area contributed by atoms with Crippen molar-refractivity contribution in [1.82, 2.24) is 25.3 Å². The highest BCUT2D eigenvalue weighted by molar-refractivity contribution is 5.89. The number of urea groups is 1. The summed E-state index contributed by atoms with van der Waals surface area (Å²) in [6.07, 6.45) is 6.00. The van der Waals surface area contributed by atoms with Crippen LogP contribution in [0, 0.1) is 0 Å². The van der Waals surface area contributed by atoms with Gasteiger partial charge >= 0.3 is 6.03 Å². The van der Waals surface area contributed by atoms with E-state index in [0.717, 1.165) is 38.9 Å². The zero-order valence-corrected chi connectivity index (χ0v) is 13.8. The highest BCUT2D eigenvalue weighted by Crippen LogP contribution is 2.10. The molecule has 3 amide bonds. The molecule has 0 saturated carbocycles. The molecule has 0 aliphatic carbocycles. The molecule has 2 heterocycles. The van der Waals surface area contributed by atoms with Gasteiger partial charge in [-0.25, -0.2) is 4.79 Å². The first-order valence-corrected chi connectivity index (χ1v) is 8.12. The number of carbonyl (C=O) groups is 2. The fourth-order valence-corrected chi connectivity index (χ4v) is 2.60. The number of carbonyl (C=O) groups excluding carboxylic acids is 2. The van der Waals surface area contributed by atoms with Crippen LogP contribution in [0.25, 0.3) is 0 Å². The number of piperidine rings is 1. The number of rotatable bonds is 6. The van der Waals surface area contributed by atoms with E-state index in [4.69, 9.17) is 0 Å². The molecule has 1 saturated heterocycles. The first-order valence-electron chi connectivity index (χ1n) is 8.12. The monoisotopic (exact) mass is 322 g/mol. The second-order valence-corrected chi connectivity index (χ2v) is 5.90. The molecule has 8 nitrogen and oxygen atoms in total. The average Bonchev–Trinajstić information content (AvgIpc) is 2.92. The van der Waals surface area contributed by atoms with E-state index in [1.165, 1.54) is 0 Å². The molecule has 23 heavy (non-hydrogen) atoms. The van der Waals surface area contributed by atoms with E-state index in [2.05, 4.69) is 25.9 Å². The van der Waals surface area contributed by atoms with Gasteiger partial charge in [-0.1, -0.05) is 6.92 Å². The smallest absolute Gasteiger partial charge is 0.319 e. The van der Waals surface area contributed by atoms with Gasteiger partial charge in [0.25, 0.3) is 0 Å². The normalized spacial score (nSPS) is 16.1. The van der Waals surface area contributed by atoms with Crippen molar-refractivity contribution in [3.05, 3.63) is 12.4 Å². The van der Waals surface area contributed by atoms with Crippen molar-refractivity contribution in [3.8, 4) is 0 Å². The van der Waals surface area contributed by atoms with Gasteiger partial charge in [-0.05, 0) is 19.3 Å². The fraction of sp³-hybridized carbons (Fsp3) is 0.667. The van der Waals surface area contributed by atoms with Crippen LogP contribution >= 0.6 is 0 Å². The lowest BCUT2D eigenvalue weighted by molar-refractivity contribution is -0.122. The van der Waals surface area contributed by atoms with E-state index in [1.54, 1.807) is 24.1 Å². The minimum Gasteiger partial charge on any atom is -0.355 e. The highest BCUT2D eigenvalue weighted by Gasteiger charge is 2.22. The zero-order chi connectivity index (χ0) is 16.7. The quantitative estimate of drug-likeness (QED) is 0.712. The van der Waals surface area contributed by atoms with Gasteiger partial charge in [0.05, 0.1) is 18.4 Å². The number of hydrogen-bond donors (Lipinski definition) is 3. The summed E-state index contributed by atoms with van der Waals surface area (Å²) in [7, 11) is 1.80. The summed E-state index contributed by atoms with van der Waals surface area (Å²) in [5.74, 6) is 0.0765. The van der Waals surface area contributed by atoms with Gasteiger partial charge in [0.15, 0.2) is 0 Å². The Morgan fingerprint density at radius 2 is 2.09 bits per heavy atom. The predicted molar refractivity (Wildman–Crippen MR) is 88.1 cm³/mol. The van der Waals surface area contributed by atoms with Crippen molar-refractivity contribution >= 4 is 17.6 Å². The number of nitrogens with one attached hydrogen (secondary N) is 3. The molecule has 0 atom stereocenters. The summed E-state index contributed by atoms with van der Waals surface area (Å²) in [5, 5.41) is 12.6. The highest BCUT2D eigenvalue weighted by atomic mass is 16.2. The molecule has 0 spiro atoms. The Morgan fingerprint density at radius 1 is 1.35 bits per heavy atom. The number of aryl methyl sites for hydroxylation is 1. The van der Waals surface area contributed by atoms with E-state index in [-0.39, 0.29) is 18.0 Å². The maximum Gasteiger partial charge on any atom is 0.319 e. The SMILES string of the molecule is CCCNC(=O)CN1CCC(NC(=O)Nc2cnn(C)c2)CC1. The van der Waals surface area contributed by atoms with Crippen molar-refractivity contribution in [3.63, 3.8) is 0 Å². The standard InChI is InChI=1S/C15H26N6O2/c1-3-6-16-14(22)11-21-7-4-12(5-8-21)18-15(23)19-13-9-17-20(2)10-13/h9-10,12H,3-8,11H2,1-2H3,(H,16,22)(H2,18,19,23). The van der Waals surface area contributed by atoms with E-state index < -0.39 is 0 Å². The molecule has 0 radical (unpaired) electrons. The van der Waals surface area contributed by atoms with Crippen LogP contribution in [0.3, 0.4) is 0 Å². The van der Waals surface area contributed by atoms with E-state index in [1.807, 2.05) is 6.92 Å². The third-order valence-electron chi connectivity index (χ3n) is 3.82. The maximum atomic E-state index is 11.9. The van der Waals surface area contributed by atoms with Gasteiger partial charge in [-0.2, -0.15) is 5.10 Å². The Labute approximate surface area is 136 Å². The molecule has 0 bridgehead atoms. The minimum absolute atomic E-state index is 0.0765. The first kappa shape index (κ1) is 17.3. The second-order valence-electron chi connectivity index (χ2n) is 5.90. The average molecular weight is 322 g/mol. The van der Waals surface area contributed by atoms with Crippen molar-refractivity contribution in [2.45, 2.75) is 32.2 Å². The van der Waals surface area contributed by atoms with Crippen molar-refractivity contribution in [2.24, 2.45) is 7.05 Å². The van der Waals surface area contributed by atoms with Gasteiger partial charge in [-0.3, -0.25) is 14.4 Å². The van der Waals surface area contributed by atoms with Crippen molar-refractivity contribution < 1.29 is 9.59 Å². The third-order valence-corrected chi connectivity index (χ3v) is 3.82. The lowest BCUT2D eigenvalue weighted by atomic mass is 10.1. The number of amides is 3. The molecule has 0 unspecified atom stereocenters. The van der Waals surface area contributed by atoms with Gasteiger partial charge in [-0.15, -0.1) is 0 Å². The van der Waals surface area contributed by atoms with Gasteiger partial charge in [0, 0.05) is 38.9 Å². The summed E-state index contributed by atoms with van der Waals surface area (Å²) >= 11 is 0. The summed E-state index contributed by atoms with van der Waals surface area (Å²) < 4.78 is 1.64. The van der Waals surface area contributed by atoms with Crippen molar-refractivity contribution in [2.75, 3.05) is 31.5 Å². The molecule has 1 aliphatic rings. The molecular formula is C15H26N6O2. The minimum atomic E-state index is -0.211. The van der Waals surface area contributed by atoms with Crippen LogP contribution in [0.1, 0.15) is 26.2 Å². The molecule has 1 fully saturated rings. The maximum absolute atomic E-state index is 11.9. The lowest BCUT2D eigenvalue weighted by Gasteiger charge is -2.31. The Balaban J connectivity index is 1.66. The second kappa shape index (κ2) is 8.52. The molecule has 3 N–H and O–H groups in total. The van der Waals surface area contributed by atoms with Crippen LogP contribution in [-0.2, 0) is 11.8 Å². The lowest BCUT2D eigenvalue weighted by Crippen LogP contribution is -2.48. The van der Waals surface area contributed by atoms with Crippen LogP contribution in [0.15, 0.2) is 12.4 Å². The van der Waals surface area contributed by atoms with Crippen LogP contribution in [0.4, 0.5) is 10.5 Å². The molecule has 2 rings (SSSR count). The van der Waals surface area contributed by atoms with Gasteiger partial charge in [0.2, 0.25) is 5.91 Å². The molecule has 8 heteroatoms. The predicted octanol–water partition coefficient (Wildman–Crippen LogP) is 0.532. The first-order chi connectivity index (χ1) is 11.1. The van der Waals surface area contributed by atoms with Crippen LogP contribution in [0.5, 0.6) is 0 Å². The fourth-order valence-electron chi connectivity index (χ4n) is 2.60. The topological polar surface area (TPSA) is 91.3 Å². The van der Waals surface area contributed by atoms with Gasteiger partial charge in [0.1, 0.15) is 0 Å². The van der Waals surface area contributed by atoms with Crippen molar-refractivity contribution in [1.29, 1.82) is 0 Å². The van der Waals surface area contributed by atoms with E-state index >= 15 is 0 Å². The zero-order valence-electron chi connectivity index (χ0n) is 13.8. The molecule has 1 aliphatic heterocycles. The Kier molecular flexibility index (Phi) is 6.40. The summed E-state index contributed by atoms with van der Waals surface area (Å²) in [6.45, 7) is 4.84. The Morgan fingerprint density at radius 3 is 2.70 bits per heavy atom. The molecule has 1 aromatic rings. The largest absolute Gasteiger partial charge is 0.355 e. The summed E-state index contributed by atoms with van der Waals surface area (Å²) in [6, 6.07) is -0.0706. The number of aromatic nitrogens is 2. The molecule has 128 valence electrons. The number of likely N-dealkylation sites (tertiary alicyclic amines) is 1. The Hall–Kier alpha value is -2.09. The summed E-state index contributed by atoms with van der Waals surface area (Å²) in [5.41, 5.74) is 0.676. The van der Waals surface area contributed by atoms with Crippen LogP contribution < -0.4 is 16.0 Å². The number of nitrogens with zero attached hydrogens (tertiary/aromatic N) is 3. The van der Waals surface area contributed by atoms with Crippen LogP contribution in [-0.4, -0.2) is 58.8 Å².